The first-order valence-corrected chi connectivity index (χ1v) is 5.76. The molecule has 0 bridgehead atoms. The Kier molecular flexibility index (Phi) is 4.96. The molecule has 1 aromatic rings. The Morgan fingerprint density at radius 2 is 2.18 bits per heavy atom. The van der Waals surface area contributed by atoms with E-state index < -0.39 is 5.97 Å². The molecule has 6 heteroatoms. The molecule has 0 spiro atoms. The van der Waals surface area contributed by atoms with Crippen LogP contribution in [0.25, 0.3) is 0 Å². The van der Waals surface area contributed by atoms with E-state index in [-0.39, 0.29) is 18.1 Å². The second-order valence-electron chi connectivity index (χ2n) is 3.19. The number of rotatable bonds is 5. The second kappa shape index (κ2) is 6.24. The first-order chi connectivity index (χ1) is 8.04. The topological polar surface area (TPSA) is 75.6 Å². The van der Waals surface area contributed by atoms with Gasteiger partial charge in [0.25, 0.3) is 5.91 Å². The number of carbonyl (C=O) groups excluding carboxylic acids is 1. The molecule has 0 fully saturated rings. The van der Waals surface area contributed by atoms with Crippen molar-refractivity contribution >= 4 is 27.8 Å². The molecule has 0 saturated carbocycles. The van der Waals surface area contributed by atoms with Crippen LogP contribution in [0.3, 0.4) is 0 Å². The third-order valence-electron chi connectivity index (χ3n) is 1.91. The minimum atomic E-state index is -1.04. The van der Waals surface area contributed by atoms with Crippen LogP contribution in [0.15, 0.2) is 22.7 Å². The summed E-state index contributed by atoms with van der Waals surface area (Å²) < 4.78 is 5.82. The molecule has 0 aromatic heterocycles. The van der Waals surface area contributed by atoms with Gasteiger partial charge in [-0.05, 0) is 41.1 Å². The highest BCUT2D eigenvalue weighted by Gasteiger charge is 2.09. The monoisotopic (exact) mass is 301 g/mol. The molecule has 0 unspecified atom stereocenters. The molecule has 0 radical (unpaired) electrons. The summed E-state index contributed by atoms with van der Waals surface area (Å²) in [4.78, 5) is 21.9. The molecule has 0 aliphatic carbocycles. The van der Waals surface area contributed by atoms with Crippen LogP contribution in [0.2, 0.25) is 0 Å². The summed E-state index contributed by atoms with van der Waals surface area (Å²) in [5, 5.41) is 11.4. The smallest absolute Gasteiger partial charge is 0.335 e. The van der Waals surface area contributed by atoms with Gasteiger partial charge in [-0.15, -0.1) is 0 Å². The van der Waals surface area contributed by atoms with Gasteiger partial charge in [0.05, 0.1) is 10.0 Å². The summed E-state index contributed by atoms with van der Waals surface area (Å²) in [6, 6.07) is 4.38. The van der Waals surface area contributed by atoms with Gasteiger partial charge in [0.2, 0.25) is 0 Å². The molecular formula is C11H12BrNO4. The average molecular weight is 302 g/mol. The van der Waals surface area contributed by atoms with Crippen LogP contribution in [0.4, 0.5) is 0 Å². The van der Waals surface area contributed by atoms with E-state index in [4.69, 9.17) is 9.84 Å². The molecule has 17 heavy (non-hydrogen) atoms. The van der Waals surface area contributed by atoms with Gasteiger partial charge in [-0.2, -0.15) is 0 Å². The number of nitrogens with one attached hydrogen (secondary N) is 1. The molecule has 1 aromatic carbocycles. The highest BCUT2D eigenvalue weighted by atomic mass is 79.9. The number of hydrogen-bond acceptors (Lipinski definition) is 3. The number of carbonyl (C=O) groups is 2. The molecule has 1 amide bonds. The lowest BCUT2D eigenvalue weighted by atomic mass is 10.2. The van der Waals surface area contributed by atoms with Gasteiger partial charge < -0.3 is 15.2 Å². The SMILES string of the molecule is CCNC(=O)COc1cc(C(=O)O)ccc1Br. The van der Waals surface area contributed by atoms with Crippen molar-refractivity contribution in [2.75, 3.05) is 13.2 Å². The van der Waals surface area contributed by atoms with Crippen molar-refractivity contribution in [2.45, 2.75) is 6.92 Å². The number of halogens is 1. The van der Waals surface area contributed by atoms with E-state index in [0.29, 0.717) is 16.8 Å². The average Bonchev–Trinajstić information content (AvgIpc) is 2.28. The lowest BCUT2D eigenvalue weighted by Gasteiger charge is -2.08. The molecule has 0 heterocycles. The molecule has 0 atom stereocenters. The van der Waals surface area contributed by atoms with Crippen molar-refractivity contribution in [3.63, 3.8) is 0 Å². The van der Waals surface area contributed by atoms with Gasteiger partial charge in [-0.25, -0.2) is 4.79 Å². The van der Waals surface area contributed by atoms with Crippen molar-refractivity contribution in [3.8, 4) is 5.75 Å². The van der Waals surface area contributed by atoms with Crippen LogP contribution in [-0.2, 0) is 4.79 Å². The number of likely N-dealkylation sites (N-methyl/N-ethyl adjacent to an activating group) is 1. The Balaban J connectivity index is 2.73. The van der Waals surface area contributed by atoms with Crippen molar-refractivity contribution in [1.29, 1.82) is 0 Å². The van der Waals surface area contributed by atoms with Crippen LogP contribution >= 0.6 is 15.9 Å². The first kappa shape index (κ1) is 13.5. The first-order valence-electron chi connectivity index (χ1n) is 4.97. The molecule has 5 nitrogen and oxygen atoms in total. The Morgan fingerprint density at radius 1 is 1.47 bits per heavy atom. The van der Waals surface area contributed by atoms with Crippen LogP contribution < -0.4 is 10.1 Å². The van der Waals surface area contributed by atoms with Gasteiger partial charge in [0.1, 0.15) is 5.75 Å². The quantitative estimate of drug-likeness (QED) is 0.867. The highest BCUT2D eigenvalue weighted by molar-refractivity contribution is 9.10. The number of amides is 1. The Labute approximate surface area is 107 Å². The lowest BCUT2D eigenvalue weighted by molar-refractivity contribution is -0.122. The largest absolute Gasteiger partial charge is 0.483 e. The van der Waals surface area contributed by atoms with Crippen molar-refractivity contribution in [1.82, 2.24) is 5.32 Å². The summed E-state index contributed by atoms with van der Waals surface area (Å²) in [5.74, 6) is -0.961. The molecule has 0 aliphatic heterocycles. The maximum atomic E-state index is 11.2. The zero-order valence-electron chi connectivity index (χ0n) is 9.20. The number of hydrogen-bond donors (Lipinski definition) is 2. The van der Waals surface area contributed by atoms with E-state index >= 15 is 0 Å². The van der Waals surface area contributed by atoms with Gasteiger partial charge in [0, 0.05) is 6.54 Å². The van der Waals surface area contributed by atoms with Crippen molar-refractivity contribution in [2.24, 2.45) is 0 Å². The summed E-state index contributed by atoms with van der Waals surface area (Å²) in [5.41, 5.74) is 0.110. The zero-order chi connectivity index (χ0) is 12.8. The summed E-state index contributed by atoms with van der Waals surface area (Å²) in [7, 11) is 0. The van der Waals surface area contributed by atoms with Gasteiger partial charge in [-0.1, -0.05) is 0 Å². The molecule has 0 aliphatic rings. The Hall–Kier alpha value is -1.56. The molecule has 2 N–H and O–H groups in total. The van der Waals surface area contributed by atoms with E-state index in [2.05, 4.69) is 21.2 Å². The van der Waals surface area contributed by atoms with Crippen LogP contribution in [0, 0.1) is 0 Å². The minimum absolute atomic E-state index is 0.110. The number of carboxylic acids is 1. The number of carboxylic acid groups (broad SMARTS) is 1. The van der Waals surface area contributed by atoms with E-state index in [1.54, 1.807) is 13.0 Å². The van der Waals surface area contributed by atoms with E-state index in [1.165, 1.54) is 12.1 Å². The fourth-order valence-electron chi connectivity index (χ4n) is 1.14. The van der Waals surface area contributed by atoms with Gasteiger partial charge in [-0.3, -0.25) is 4.79 Å². The Bertz CT molecular complexity index is 433. The number of ether oxygens (including phenoxy) is 1. The molecule has 1 rings (SSSR count). The van der Waals surface area contributed by atoms with Gasteiger partial charge in [0.15, 0.2) is 6.61 Å². The number of aromatic carboxylic acids is 1. The van der Waals surface area contributed by atoms with Crippen molar-refractivity contribution < 1.29 is 19.4 Å². The fourth-order valence-corrected chi connectivity index (χ4v) is 1.50. The van der Waals surface area contributed by atoms with E-state index in [0.717, 1.165) is 0 Å². The maximum absolute atomic E-state index is 11.2. The molecule has 0 saturated heterocycles. The standard InChI is InChI=1S/C11H12BrNO4/c1-2-13-10(14)6-17-9-5-7(11(15)16)3-4-8(9)12/h3-5H,2,6H2,1H3,(H,13,14)(H,15,16). The summed E-state index contributed by atoms with van der Waals surface area (Å²) in [6.45, 7) is 2.19. The van der Waals surface area contributed by atoms with Crippen molar-refractivity contribution in [3.05, 3.63) is 28.2 Å². The normalized spacial score (nSPS) is 9.76. The third kappa shape index (κ3) is 4.07. The predicted octanol–water partition coefficient (Wildman–Crippen LogP) is 1.66. The third-order valence-corrected chi connectivity index (χ3v) is 2.57. The Morgan fingerprint density at radius 3 is 2.76 bits per heavy atom. The van der Waals surface area contributed by atoms with Crippen LogP contribution in [0.1, 0.15) is 17.3 Å². The minimum Gasteiger partial charge on any atom is -0.483 e. The molecule has 92 valence electrons. The van der Waals surface area contributed by atoms with Gasteiger partial charge >= 0.3 is 5.97 Å². The maximum Gasteiger partial charge on any atom is 0.335 e. The van der Waals surface area contributed by atoms with E-state index in [1.807, 2.05) is 0 Å². The lowest BCUT2D eigenvalue weighted by Crippen LogP contribution is -2.28. The summed E-state index contributed by atoms with van der Waals surface area (Å²) >= 11 is 3.22. The second-order valence-corrected chi connectivity index (χ2v) is 4.05. The fraction of sp³-hybridized carbons (Fsp3) is 0.273. The van der Waals surface area contributed by atoms with Crippen LogP contribution in [-0.4, -0.2) is 30.1 Å². The number of benzene rings is 1. The van der Waals surface area contributed by atoms with Crippen LogP contribution in [0.5, 0.6) is 5.75 Å². The summed E-state index contributed by atoms with van der Waals surface area (Å²) in [6.07, 6.45) is 0. The zero-order valence-corrected chi connectivity index (χ0v) is 10.8. The molecular weight excluding hydrogens is 290 g/mol. The van der Waals surface area contributed by atoms with E-state index in [9.17, 15) is 9.59 Å². The predicted molar refractivity (Wildman–Crippen MR) is 65.3 cm³/mol. The highest BCUT2D eigenvalue weighted by Crippen LogP contribution is 2.26.